The minimum atomic E-state index is -0.115. The third-order valence-corrected chi connectivity index (χ3v) is 4.00. The van der Waals surface area contributed by atoms with Gasteiger partial charge in [-0.25, -0.2) is 4.98 Å². The van der Waals surface area contributed by atoms with Crippen LogP contribution >= 0.6 is 11.6 Å². The van der Waals surface area contributed by atoms with Crippen LogP contribution in [0.3, 0.4) is 0 Å². The molecule has 2 aromatic heterocycles. The van der Waals surface area contributed by atoms with Crippen LogP contribution in [0.4, 0.5) is 0 Å². The molecule has 0 bridgehead atoms. The summed E-state index contributed by atoms with van der Waals surface area (Å²) >= 11 is 6.15. The Bertz CT molecular complexity index is 888. The molecule has 0 saturated carbocycles. The largest absolute Gasteiger partial charge is 0.295 e. The van der Waals surface area contributed by atoms with Gasteiger partial charge < -0.3 is 0 Å². The lowest BCUT2D eigenvalue weighted by atomic mass is 10.1. The van der Waals surface area contributed by atoms with Gasteiger partial charge >= 0.3 is 0 Å². The molecule has 5 heteroatoms. The van der Waals surface area contributed by atoms with E-state index in [1.165, 1.54) is 0 Å². The van der Waals surface area contributed by atoms with Gasteiger partial charge in [-0.2, -0.15) is 0 Å². The van der Waals surface area contributed by atoms with Gasteiger partial charge in [0.2, 0.25) is 0 Å². The molecule has 0 aliphatic heterocycles. The highest BCUT2D eigenvalue weighted by Crippen LogP contribution is 2.19. The molecule has 0 radical (unpaired) electrons. The SMILES string of the molecule is Cc1cccc(C[C@H](C)n2cnc3cccc(Cl)c3c2=O)n1. The number of fused-ring (bicyclic) bond motifs is 1. The Morgan fingerprint density at radius 3 is 2.77 bits per heavy atom. The normalized spacial score (nSPS) is 12.5. The van der Waals surface area contributed by atoms with Crippen molar-refractivity contribution < 1.29 is 0 Å². The van der Waals surface area contributed by atoms with Crippen LogP contribution in [0, 0.1) is 6.92 Å². The van der Waals surface area contributed by atoms with Gasteiger partial charge in [0.05, 0.1) is 22.3 Å². The second-order valence-corrected chi connectivity index (χ2v) is 5.82. The molecule has 0 saturated heterocycles. The van der Waals surface area contributed by atoms with Crippen molar-refractivity contribution in [2.45, 2.75) is 26.3 Å². The van der Waals surface area contributed by atoms with Gasteiger partial charge in [-0.3, -0.25) is 14.3 Å². The van der Waals surface area contributed by atoms with Crippen LogP contribution in [-0.4, -0.2) is 14.5 Å². The quantitative estimate of drug-likeness (QED) is 0.743. The van der Waals surface area contributed by atoms with E-state index in [0.29, 0.717) is 22.3 Å². The zero-order valence-electron chi connectivity index (χ0n) is 12.5. The summed E-state index contributed by atoms with van der Waals surface area (Å²) in [7, 11) is 0. The van der Waals surface area contributed by atoms with Gasteiger partial charge in [-0.1, -0.05) is 23.7 Å². The second-order valence-electron chi connectivity index (χ2n) is 5.41. The number of hydrogen-bond donors (Lipinski definition) is 0. The molecule has 3 aromatic rings. The first-order valence-electron chi connectivity index (χ1n) is 7.14. The highest BCUT2D eigenvalue weighted by molar-refractivity contribution is 6.35. The number of halogens is 1. The molecular formula is C17H16ClN3O. The third-order valence-electron chi connectivity index (χ3n) is 3.69. The van der Waals surface area contributed by atoms with E-state index in [2.05, 4.69) is 9.97 Å². The molecule has 0 fully saturated rings. The maximum atomic E-state index is 12.7. The van der Waals surface area contributed by atoms with E-state index >= 15 is 0 Å². The lowest BCUT2D eigenvalue weighted by molar-refractivity contribution is 0.517. The predicted octanol–water partition coefficient (Wildman–Crippen LogP) is 3.56. The summed E-state index contributed by atoms with van der Waals surface area (Å²) in [6.07, 6.45) is 2.25. The van der Waals surface area contributed by atoms with Crippen LogP contribution in [-0.2, 0) is 6.42 Å². The van der Waals surface area contributed by atoms with Crippen molar-refractivity contribution in [1.82, 2.24) is 14.5 Å². The van der Waals surface area contributed by atoms with E-state index in [9.17, 15) is 4.79 Å². The molecule has 0 spiro atoms. The van der Waals surface area contributed by atoms with Gasteiger partial charge in [-0.15, -0.1) is 0 Å². The fraction of sp³-hybridized carbons (Fsp3) is 0.235. The molecule has 3 rings (SSSR count). The molecule has 1 atom stereocenters. The number of hydrogen-bond acceptors (Lipinski definition) is 3. The standard InChI is InChI=1S/C17H16ClN3O/c1-11-5-3-6-13(20-11)9-12(2)21-10-19-15-8-4-7-14(18)16(15)17(21)22/h3-8,10,12H,9H2,1-2H3/t12-/m0/s1. The molecular weight excluding hydrogens is 298 g/mol. The van der Waals surface area contributed by atoms with Crippen LogP contribution in [0.1, 0.15) is 24.4 Å². The molecule has 112 valence electrons. The van der Waals surface area contributed by atoms with E-state index in [4.69, 9.17) is 11.6 Å². The molecule has 0 aliphatic carbocycles. The average Bonchev–Trinajstić information content (AvgIpc) is 2.47. The molecule has 4 nitrogen and oxygen atoms in total. The lowest BCUT2D eigenvalue weighted by Gasteiger charge is -2.15. The van der Waals surface area contributed by atoms with Crippen LogP contribution in [0.25, 0.3) is 10.9 Å². The summed E-state index contributed by atoms with van der Waals surface area (Å²) in [6.45, 7) is 3.94. The summed E-state index contributed by atoms with van der Waals surface area (Å²) in [5.74, 6) is 0. The van der Waals surface area contributed by atoms with Gasteiger partial charge in [0, 0.05) is 23.9 Å². The first-order chi connectivity index (χ1) is 10.6. The minimum absolute atomic E-state index is 0.0463. The number of nitrogens with zero attached hydrogens (tertiary/aromatic N) is 3. The van der Waals surface area contributed by atoms with Gasteiger partial charge in [0.25, 0.3) is 5.56 Å². The molecule has 22 heavy (non-hydrogen) atoms. The molecule has 1 aromatic carbocycles. The van der Waals surface area contributed by atoms with E-state index in [1.54, 1.807) is 29.1 Å². The van der Waals surface area contributed by atoms with Crippen molar-refractivity contribution in [2.24, 2.45) is 0 Å². The third kappa shape index (κ3) is 2.74. The first-order valence-corrected chi connectivity index (χ1v) is 7.52. The van der Waals surface area contributed by atoms with Gasteiger partial charge in [-0.05, 0) is 38.1 Å². The first kappa shape index (κ1) is 14.7. The summed E-state index contributed by atoms with van der Waals surface area (Å²) in [5.41, 5.74) is 2.43. The number of pyridine rings is 1. The number of aromatic nitrogens is 3. The predicted molar refractivity (Wildman–Crippen MR) is 88.4 cm³/mol. The van der Waals surface area contributed by atoms with Crippen LogP contribution in [0.15, 0.2) is 47.5 Å². The van der Waals surface area contributed by atoms with Crippen molar-refractivity contribution in [2.75, 3.05) is 0 Å². The van der Waals surface area contributed by atoms with Crippen LogP contribution in [0.2, 0.25) is 5.02 Å². The fourth-order valence-corrected chi connectivity index (χ4v) is 2.82. The Labute approximate surface area is 133 Å². The Hall–Kier alpha value is -2.20. The second kappa shape index (κ2) is 5.89. The van der Waals surface area contributed by atoms with Crippen LogP contribution < -0.4 is 5.56 Å². The number of aryl methyl sites for hydroxylation is 1. The smallest absolute Gasteiger partial charge is 0.262 e. The Kier molecular flexibility index (Phi) is 3.94. The van der Waals surface area contributed by atoms with Crippen molar-refractivity contribution >= 4 is 22.5 Å². The summed E-state index contributed by atoms with van der Waals surface area (Å²) in [4.78, 5) is 21.5. The van der Waals surface area contributed by atoms with Crippen molar-refractivity contribution in [3.63, 3.8) is 0 Å². The van der Waals surface area contributed by atoms with E-state index in [0.717, 1.165) is 11.4 Å². The maximum absolute atomic E-state index is 12.7. The Morgan fingerprint density at radius 2 is 2.00 bits per heavy atom. The Balaban J connectivity index is 2.01. The highest BCUT2D eigenvalue weighted by atomic mass is 35.5. The van der Waals surface area contributed by atoms with Gasteiger partial charge in [0.15, 0.2) is 0 Å². The average molecular weight is 314 g/mol. The molecule has 0 amide bonds. The van der Waals surface area contributed by atoms with Crippen molar-refractivity contribution in [1.29, 1.82) is 0 Å². The van der Waals surface area contributed by atoms with E-state index in [1.807, 2.05) is 32.0 Å². The summed E-state index contributed by atoms with van der Waals surface area (Å²) < 4.78 is 1.62. The maximum Gasteiger partial charge on any atom is 0.262 e. The lowest BCUT2D eigenvalue weighted by Crippen LogP contribution is -2.25. The monoisotopic (exact) mass is 313 g/mol. The highest BCUT2D eigenvalue weighted by Gasteiger charge is 2.13. The van der Waals surface area contributed by atoms with E-state index in [-0.39, 0.29) is 11.6 Å². The Morgan fingerprint density at radius 1 is 1.23 bits per heavy atom. The van der Waals surface area contributed by atoms with Crippen LogP contribution in [0.5, 0.6) is 0 Å². The fourth-order valence-electron chi connectivity index (χ4n) is 2.57. The molecule has 0 N–H and O–H groups in total. The summed E-state index contributed by atoms with van der Waals surface area (Å²) in [6, 6.07) is 11.1. The number of benzene rings is 1. The molecule has 2 heterocycles. The number of rotatable bonds is 3. The zero-order chi connectivity index (χ0) is 15.7. The topological polar surface area (TPSA) is 47.8 Å². The van der Waals surface area contributed by atoms with Gasteiger partial charge in [0.1, 0.15) is 0 Å². The summed E-state index contributed by atoms with van der Waals surface area (Å²) in [5, 5.41) is 0.904. The molecule has 0 unspecified atom stereocenters. The minimum Gasteiger partial charge on any atom is -0.295 e. The van der Waals surface area contributed by atoms with Crippen molar-refractivity contribution in [3.8, 4) is 0 Å². The molecule has 0 aliphatic rings. The zero-order valence-corrected chi connectivity index (χ0v) is 13.2. The van der Waals surface area contributed by atoms with Crippen molar-refractivity contribution in [3.05, 3.63) is 69.5 Å². The van der Waals surface area contributed by atoms with E-state index < -0.39 is 0 Å².